The highest BCUT2D eigenvalue weighted by molar-refractivity contribution is 7.91. The summed E-state index contributed by atoms with van der Waals surface area (Å²) in [5.74, 6) is 2.36. The Morgan fingerprint density at radius 3 is 2.67 bits per heavy atom. The summed E-state index contributed by atoms with van der Waals surface area (Å²) in [7, 11) is -3.00. The van der Waals surface area contributed by atoms with E-state index in [2.05, 4.69) is 5.92 Å². The molecule has 1 unspecified atom stereocenters. The van der Waals surface area contributed by atoms with Crippen LogP contribution in [0.15, 0.2) is 0 Å². The Hall–Kier alpha value is -0.530. The van der Waals surface area contributed by atoms with Gasteiger partial charge in [-0.3, -0.25) is 0 Å². The fourth-order valence-electron chi connectivity index (χ4n) is 1.40. The van der Waals surface area contributed by atoms with Gasteiger partial charge in [0.2, 0.25) is 0 Å². The van der Waals surface area contributed by atoms with Crippen LogP contribution < -0.4 is 0 Å². The van der Waals surface area contributed by atoms with Gasteiger partial charge in [-0.15, -0.1) is 12.3 Å². The lowest BCUT2D eigenvalue weighted by Gasteiger charge is -2.18. The number of aliphatic hydroxyl groups is 1. The van der Waals surface area contributed by atoms with Crippen molar-refractivity contribution in [2.24, 2.45) is 0 Å². The predicted molar refractivity (Wildman–Crippen MR) is 46.3 cm³/mol. The molecule has 0 saturated carbocycles. The summed E-state index contributed by atoms with van der Waals surface area (Å²) in [6.07, 6.45) is 6.18. The zero-order valence-corrected chi connectivity index (χ0v) is 7.60. The second kappa shape index (κ2) is 3.08. The first-order chi connectivity index (χ1) is 5.47. The molecule has 3 nitrogen and oxygen atoms in total. The van der Waals surface area contributed by atoms with Crippen LogP contribution in [0.3, 0.4) is 0 Å². The molecule has 0 aromatic heterocycles. The van der Waals surface area contributed by atoms with Crippen molar-refractivity contribution in [3.05, 3.63) is 0 Å². The van der Waals surface area contributed by atoms with Crippen molar-refractivity contribution < 1.29 is 13.5 Å². The zero-order valence-electron chi connectivity index (χ0n) is 6.78. The maximum Gasteiger partial charge on any atom is 0.153 e. The van der Waals surface area contributed by atoms with Crippen molar-refractivity contribution >= 4 is 9.84 Å². The summed E-state index contributed by atoms with van der Waals surface area (Å²) in [5.41, 5.74) is -1.05. The van der Waals surface area contributed by atoms with E-state index in [1.807, 2.05) is 0 Å². The maximum atomic E-state index is 11.0. The summed E-state index contributed by atoms with van der Waals surface area (Å²) < 4.78 is 22.0. The van der Waals surface area contributed by atoms with Gasteiger partial charge in [0.05, 0.1) is 17.1 Å². The van der Waals surface area contributed by atoms with Crippen LogP contribution in [-0.2, 0) is 9.84 Å². The summed E-state index contributed by atoms with van der Waals surface area (Å²) >= 11 is 0. The van der Waals surface area contributed by atoms with Gasteiger partial charge in [-0.05, 0) is 12.8 Å². The number of hydrogen-bond donors (Lipinski definition) is 1. The highest BCUT2D eigenvalue weighted by atomic mass is 32.2. The third-order valence-corrected chi connectivity index (χ3v) is 3.91. The minimum absolute atomic E-state index is 0.0913. The first kappa shape index (κ1) is 9.56. The van der Waals surface area contributed by atoms with Crippen molar-refractivity contribution in [2.75, 3.05) is 11.5 Å². The monoisotopic (exact) mass is 188 g/mol. The van der Waals surface area contributed by atoms with Crippen molar-refractivity contribution in [2.45, 2.75) is 24.9 Å². The van der Waals surface area contributed by atoms with Gasteiger partial charge >= 0.3 is 0 Å². The van der Waals surface area contributed by atoms with E-state index in [9.17, 15) is 13.5 Å². The lowest BCUT2D eigenvalue weighted by atomic mass is 9.98. The van der Waals surface area contributed by atoms with Gasteiger partial charge in [0.15, 0.2) is 9.84 Å². The molecule has 0 spiro atoms. The molecule has 0 amide bonds. The van der Waals surface area contributed by atoms with Gasteiger partial charge in [0, 0.05) is 6.42 Å². The lowest BCUT2D eigenvalue weighted by Crippen LogP contribution is -2.29. The predicted octanol–water partition coefficient (Wildman–Crippen LogP) is -0.0506. The van der Waals surface area contributed by atoms with Crippen molar-refractivity contribution in [1.29, 1.82) is 0 Å². The van der Waals surface area contributed by atoms with E-state index >= 15 is 0 Å². The zero-order chi connectivity index (χ0) is 9.24. The first-order valence-electron chi connectivity index (χ1n) is 3.84. The molecule has 0 aliphatic carbocycles. The van der Waals surface area contributed by atoms with Crippen LogP contribution in [0.2, 0.25) is 0 Å². The van der Waals surface area contributed by atoms with Gasteiger partial charge in [-0.1, -0.05) is 0 Å². The molecular formula is C8H12O3S. The van der Waals surface area contributed by atoms with Crippen molar-refractivity contribution in [3.63, 3.8) is 0 Å². The van der Waals surface area contributed by atoms with Crippen LogP contribution >= 0.6 is 0 Å². The molecule has 0 radical (unpaired) electrons. The molecule has 1 atom stereocenters. The van der Waals surface area contributed by atoms with Crippen molar-refractivity contribution in [1.82, 2.24) is 0 Å². The number of rotatable bonds is 2. The van der Waals surface area contributed by atoms with E-state index in [-0.39, 0.29) is 11.5 Å². The minimum Gasteiger partial charge on any atom is -0.389 e. The van der Waals surface area contributed by atoms with E-state index in [1.54, 1.807) is 0 Å². The average molecular weight is 188 g/mol. The number of terminal acetylenes is 1. The molecule has 68 valence electrons. The van der Waals surface area contributed by atoms with E-state index < -0.39 is 15.4 Å². The standard InChI is InChI=1S/C8H12O3S/c1-2-3-4-8(9)5-6-12(10,11)7-8/h1,9H,3-7H2. The van der Waals surface area contributed by atoms with Crippen LogP contribution in [0.4, 0.5) is 0 Å². The quantitative estimate of drug-likeness (QED) is 0.618. The Kier molecular flexibility index (Phi) is 2.45. The fraction of sp³-hybridized carbons (Fsp3) is 0.750. The molecule has 0 aromatic carbocycles. The normalized spacial score (nSPS) is 33.0. The molecule has 12 heavy (non-hydrogen) atoms. The van der Waals surface area contributed by atoms with Crippen LogP contribution in [0.5, 0.6) is 0 Å². The largest absolute Gasteiger partial charge is 0.389 e. The fourth-order valence-corrected chi connectivity index (χ4v) is 3.34. The molecule has 1 fully saturated rings. The molecule has 1 N–H and O–H groups in total. The second-order valence-corrected chi connectivity index (χ2v) is 5.45. The molecule has 1 heterocycles. The molecule has 1 aliphatic heterocycles. The van der Waals surface area contributed by atoms with Gasteiger partial charge in [0.1, 0.15) is 0 Å². The molecule has 1 rings (SSSR count). The number of hydrogen-bond acceptors (Lipinski definition) is 3. The minimum atomic E-state index is -3.00. The SMILES string of the molecule is C#CCCC1(O)CCS(=O)(=O)C1. The third kappa shape index (κ3) is 2.23. The topological polar surface area (TPSA) is 54.4 Å². The van der Waals surface area contributed by atoms with Crippen LogP contribution in [-0.4, -0.2) is 30.6 Å². The Balaban J connectivity index is 2.60. The van der Waals surface area contributed by atoms with E-state index in [4.69, 9.17) is 6.42 Å². The Bertz CT molecular complexity index is 299. The van der Waals surface area contributed by atoms with Gasteiger partial charge in [-0.2, -0.15) is 0 Å². The lowest BCUT2D eigenvalue weighted by molar-refractivity contribution is 0.0602. The number of sulfone groups is 1. The molecule has 0 bridgehead atoms. The summed E-state index contributed by atoms with van der Waals surface area (Å²) in [6.45, 7) is 0. The van der Waals surface area contributed by atoms with Crippen molar-refractivity contribution in [3.8, 4) is 12.3 Å². The highest BCUT2D eigenvalue weighted by Crippen LogP contribution is 2.27. The molecule has 1 saturated heterocycles. The summed E-state index contributed by atoms with van der Waals surface area (Å²) in [5, 5.41) is 9.68. The average Bonchev–Trinajstić information content (AvgIpc) is 2.23. The molecule has 1 aliphatic rings. The molecule has 4 heteroatoms. The molecule has 0 aromatic rings. The highest BCUT2D eigenvalue weighted by Gasteiger charge is 2.39. The Morgan fingerprint density at radius 1 is 1.58 bits per heavy atom. The Morgan fingerprint density at radius 2 is 2.25 bits per heavy atom. The maximum absolute atomic E-state index is 11.0. The summed E-state index contributed by atoms with van der Waals surface area (Å²) in [4.78, 5) is 0. The van der Waals surface area contributed by atoms with E-state index in [1.165, 1.54) is 0 Å². The van der Waals surface area contributed by atoms with E-state index in [0.29, 0.717) is 19.3 Å². The second-order valence-electron chi connectivity index (χ2n) is 3.27. The van der Waals surface area contributed by atoms with Crippen LogP contribution in [0.1, 0.15) is 19.3 Å². The van der Waals surface area contributed by atoms with Crippen LogP contribution in [0.25, 0.3) is 0 Å². The first-order valence-corrected chi connectivity index (χ1v) is 5.66. The van der Waals surface area contributed by atoms with E-state index in [0.717, 1.165) is 0 Å². The van der Waals surface area contributed by atoms with Gasteiger partial charge < -0.3 is 5.11 Å². The van der Waals surface area contributed by atoms with Gasteiger partial charge in [0.25, 0.3) is 0 Å². The molecular weight excluding hydrogens is 176 g/mol. The smallest absolute Gasteiger partial charge is 0.153 e. The summed E-state index contributed by atoms with van der Waals surface area (Å²) in [6, 6.07) is 0. The Labute approximate surface area is 72.7 Å². The van der Waals surface area contributed by atoms with Crippen LogP contribution in [0, 0.1) is 12.3 Å². The third-order valence-electron chi connectivity index (χ3n) is 2.10. The van der Waals surface area contributed by atoms with Gasteiger partial charge in [-0.25, -0.2) is 8.42 Å².